The fourth-order valence-electron chi connectivity index (χ4n) is 1.63. The van der Waals surface area contributed by atoms with Crippen molar-refractivity contribution in [2.24, 2.45) is 0 Å². The molecule has 1 aliphatic rings. The van der Waals surface area contributed by atoms with Crippen molar-refractivity contribution >= 4 is 11.7 Å². The molecular formula is C10H17NO2. The molecule has 0 aromatic rings. The maximum atomic E-state index is 11.5. The molecule has 1 unspecified atom stereocenters. The molecule has 0 aromatic heterocycles. The molecule has 1 aliphatic heterocycles. The minimum Gasteiger partial charge on any atom is -0.346 e. The first-order valence-corrected chi connectivity index (χ1v) is 5.06. The number of carbonyl (C=O) groups excluding carboxylic acids is 2. The second-order valence-corrected chi connectivity index (χ2v) is 3.58. The molecule has 1 heterocycles. The molecule has 1 atom stereocenters. The van der Waals surface area contributed by atoms with Crippen molar-refractivity contribution in [1.29, 1.82) is 0 Å². The molecule has 0 bridgehead atoms. The second-order valence-electron chi connectivity index (χ2n) is 3.58. The molecule has 3 heteroatoms. The fourth-order valence-corrected chi connectivity index (χ4v) is 1.63. The van der Waals surface area contributed by atoms with Gasteiger partial charge in [0.25, 0.3) is 0 Å². The Morgan fingerprint density at radius 1 is 1.54 bits per heavy atom. The van der Waals surface area contributed by atoms with E-state index in [1.807, 2.05) is 6.92 Å². The number of amides is 1. The molecule has 74 valence electrons. The van der Waals surface area contributed by atoms with E-state index in [1.165, 1.54) is 0 Å². The molecule has 13 heavy (non-hydrogen) atoms. The molecule has 0 aliphatic carbocycles. The Morgan fingerprint density at radius 2 is 2.31 bits per heavy atom. The first-order chi connectivity index (χ1) is 6.24. The maximum absolute atomic E-state index is 11.5. The zero-order valence-electron chi connectivity index (χ0n) is 8.14. The number of hydrogen-bond donors (Lipinski definition) is 1. The average Bonchev–Trinajstić information content (AvgIpc) is 2.30. The largest absolute Gasteiger partial charge is 0.346 e. The highest BCUT2D eigenvalue weighted by Crippen LogP contribution is 2.11. The minimum absolute atomic E-state index is 0.0342. The molecule has 1 amide bonds. The summed E-state index contributed by atoms with van der Waals surface area (Å²) in [6, 6.07) is -0.199. The summed E-state index contributed by atoms with van der Waals surface area (Å²) in [5.41, 5.74) is 0. The van der Waals surface area contributed by atoms with Crippen molar-refractivity contribution in [1.82, 2.24) is 5.32 Å². The van der Waals surface area contributed by atoms with Crippen LogP contribution in [0, 0.1) is 0 Å². The standard InChI is InChI=1S/C10H17NO2/c1-2-5-9(12)8-6-3-4-7-10(13)11-8/h8H,2-7H2,1H3,(H,11,13). The second kappa shape index (κ2) is 5.00. The van der Waals surface area contributed by atoms with Gasteiger partial charge in [0.2, 0.25) is 5.91 Å². The maximum Gasteiger partial charge on any atom is 0.220 e. The van der Waals surface area contributed by atoms with E-state index in [-0.39, 0.29) is 17.7 Å². The molecule has 0 radical (unpaired) electrons. The van der Waals surface area contributed by atoms with Crippen LogP contribution >= 0.6 is 0 Å². The van der Waals surface area contributed by atoms with E-state index in [9.17, 15) is 9.59 Å². The average molecular weight is 183 g/mol. The normalized spacial score (nSPS) is 23.5. The van der Waals surface area contributed by atoms with Crippen molar-refractivity contribution < 1.29 is 9.59 Å². The van der Waals surface area contributed by atoms with Crippen LogP contribution in [-0.2, 0) is 9.59 Å². The number of hydrogen-bond acceptors (Lipinski definition) is 2. The number of Topliss-reactive ketones (excluding diaryl/α,β-unsaturated/α-hetero) is 1. The van der Waals surface area contributed by atoms with Gasteiger partial charge < -0.3 is 5.32 Å². The smallest absolute Gasteiger partial charge is 0.220 e. The van der Waals surface area contributed by atoms with Crippen LogP contribution in [0.5, 0.6) is 0 Å². The van der Waals surface area contributed by atoms with Crippen LogP contribution in [0.15, 0.2) is 0 Å². The van der Waals surface area contributed by atoms with E-state index >= 15 is 0 Å². The van der Waals surface area contributed by atoms with E-state index in [2.05, 4.69) is 5.32 Å². The van der Waals surface area contributed by atoms with Gasteiger partial charge in [0.15, 0.2) is 5.78 Å². The highest BCUT2D eigenvalue weighted by molar-refractivity contribution is 5.89. The van der Waals surface area contributed by atoms with E-state index < -0.39 is 0 Å². The summed E-state index contributed by atoms with van der Waals surface area (Å²) in [6.07, 6.45) is 4.76. The van der Waals surface area contributed by atoms with Crippen LogP contribution in [0.2, 0.25) is 0 Å². The monoisotopic (exact) mass is 183 g/mol. The van der Waals surface area contributed by atoms with Crippen LogP contribution in [0.1, 0.15) is 45.4 Å². The third-order valence-corrected chi connectivity index (χ3v) is 2.37. The molecular weight excluding hydrogens is 166 g/mol. The van der Waals surface area contributed by atoms with Gasteiger partial charge in [-0.25, -0.2) is 0 Å². The molecule has 0 spiro atoms. The number of carbonyl (C=O) groups is 2. The van der Waals surface area contributed by atoms with Crippen molar-refractivity contribution in [2.75, 3.05) is 0 Å². The molecule has 1 rings (SSSR count). The van der Waals surface area contributed by atoms with Gasteiger partial charge in [-0.3, -0.25) is 9.59 Å². The van der Waals surface area contributed by atoms with Crippen molar-refractivity contribution in [3.63, 3.8) is 0 Å². The summed E-state index contributed by atoms with van der Waals surface area (Å²) in [7, 11) is 0. The summed E-state index contributed by atoms with van der Waals surface area (Å²) >= 11 is 0. The number of ketones is 1. The van der Waals surface area contributed by atoms with Gasteiger partial charge in [-0.15, -0.1) is 0 Å². The van der Waals surface area contributed by atoms with Gasteiger partial charge in [0.05, 0.1) is 6.04 Å². The SMILES string of the molecule is CCCC(=O)C1CCCCC(=O)N1. The molecule has 1 N–H and O–H groups in total. The van der Waals surface area contributed by atoms with Gasteiger partial charge in [-0.2, -0.15) is 0 Å². The summed E-state index contributed by atoms with van der Waals surface area (Å²) in [4.78, 5) is 22.6. The van der Waals surface area contributed by atoms with E-state index in [4.69, 9.17) is 0 Å². The Hall–Kier alpha value is -0.860. The molecule has 3 nitrogen and oxygen atoms in total. The Balaban J connectivity index is 2.47. The lowest BCUT2D eigenvalue weighted by Crippen LogP contribution is -2.39. The van der Waals surface area contributed by atoms with Gasteiger partial charge in [0, 0.05) is 12.8 Å². The molecule has 0 saturated carbocycles. The summed E-state index contributed by atoms with van der Waals surface area (Å²) in [5.74, 6) is 0.227. The highest BCUT2D eigenvalue weighted by atomic mass is 16.2. The zero-order valence-corrected chi connectivity index (χ0v) is 8.14. The van der Waals surface area contributed by atoms with Crippen LogP contribution in [-0.4, -0.2) is 17.7 Å². The highest BCUT2D eigenvalue weighted by Gasteiger charge is 2.21. The third-order valence-electron chi connectivity index (χ3n) is 2.37. The molecule has 1 fully saturated rings. The van der Waals surface area contributed by atoms with Crippen molar-refractivity contribution in [3.05, 3.63) is 0 Å². The lowest BCUT2D eigenvalue weighted by atomic mass is 10.0. The summed E-state index contributed by atoms with van der Waals surface area (Å²) < 4.78 is 0. The predicted molar refractivity (Wildman–Crippen MR) is 50.3 cm³/mol. The molecule has 0 aromatic carbocycles. The van der Waals surface area contributed by atoms with Gasteiger partial charge in [-0.05, 0) is 19.3 Å². The van der Waals surface area contributed by atoms with E-state index in [0.29, 0.717) is 12.8 Å². The molecule has 1 saturated heterocycles. The lowest BCUT2D eigenvalue weighted by Gasteiger charge is -2.13. The van der Waals surface area contributed by atoms with Crippen LogP contribution < -0.4 is 5.32 Å². The Kier molecular flexibility index (Phi) is 3.93. The summed E-state index contributed by atoms with van der Waals surface area (Å²) in [6.45, 7) is 1.98. The third kappa shape index (κ3) is 3.17. The van der Waals surface area contributed by atoms with Crippen molar-refractivity contribution in [3.8, 4) is 0 Å². The topological polar surface area (TPSA) is 46.2 Å². The summed E-state index contributed by atoms with van der Waals surface area (Å²) in [5, 5.41) is 2.77. The van der Waals surface area contributed by atoms with Crippen molar-refractivity contribution in [2.45, 2.75) is 51.5 Å². The van der Waals surface area contributed by atoms with Gasteiger partial charge in [0.1, 0.15) is 0 Å². The minimum atomic E-state index is -0.199. The quantitative estimate of drug-likeness (QED) is 0.719. The number of nitrogens with one attached hydrogen (secondary N) is 1. The Bertz CT molecular complexity index is 201. The van der Waals surface area contributed by atoms with Gasteiger partial charge in [-0.1, -0.05) is 13.3 Å². The van der Waals surface area contributed by atoms with Crippen LogP contribution in [0.3, 0.4) is 0 Å². The number of rotatable bonds is 3. The van der Waals surface area contributed by atoms with E-state index in [1.54, 1.807) is 0 Å². The fraction of sp³-hybridized carbons (Fsp3) is 0.800. The van der Waals surface area contributed by atoms with Crippen LogP contribution in [0.4, 0.5) is 0 Å². The van der Waals surface area contributed by atoms with E-state index in [0.717, 1.165) is 25.7 Å². The van der Waals surface area contributed by atoms with Gasteiger partial charge >= 0.3 is 0 Å². The predicted octanol–water partition coefficient (Wildman–Crippen LogP) is 1.41. The Morgan fingerprint density at radius 3 is 3.00 bits per heavy atom. The lowest BCUT2D eigenvalue weighted by molar-refractivity contribution is -0.127. The first-order valence-electron chi connectivity index (χ1n) is 5.06. The Labute approximate surface area is 78.9 Å². The zero-order chi connectivity index (χ0) is 9.68. The van der Waals surface area contributed by atoms with Crippen LogP contribution in [0.25, 0.3) is 0 Å². The first kappa shape index (κ1) is 10.2.